The number of hydrogen-bond acceptors (Lipinski definition) is 5. The van der Waals surface area contributed by atoms with E-state index >= 15 is 0 Å². The van der Waals surface area contributed by atoms with Gasteiger partial charge in [0.15, 0.2) is 0 Å². The highest BCUT2D eigenvalue weighted by Gasteiger charge is 2.17. The van der Waals surface area contributed by atoms with Crippen LogP contribution in [0.15, 0.2) is 54.9 Å². The molecule has 114 valence electrons. The molecular weight excluding hydrogens is 282 g/mol. The summed E-state index contributed by atoms with van der Waals surface area (Å²) in [6.45, 7) is -0.108. The molecule has 2 rings (SSSR count). The summed E-state index contributed by atoms with van der Waals surface area (Å²) >= 11 is 0. The van der Waals surface area contributed by atoms with Crippen LogP contribution in [0.5, 0.6) is 0 Å². The van der Waals surface area contributed by atoms with Crippen LogP contribution in [0.1, 0.15) is 22.0 Å². The third kappa shape index (κ3) is 4.39. The zero-order chi connectivity index (χ0) is 15.8. The van der Waals surface area contributed by atoms with Gasteiger partial charge in [0.25, 0.3) is 0 Å². The Morgan fingerprint density at radius 1 is 1.18 bits per heavy atom. The fourth-order valence-corrected chi connectivity index (χ4v) is 1.89. The predicted octanol–water partition coefficient (Wildman–Crippen LogP) is 1.05. The van der Waals surface area contributed by atoms with Crippen molar-refractivity contribution in [3.63, 3.8) is 0 Å². The van der Waals surface area contributed by atoms with Crippen molar-refractivity contribution in [1.82, 2.24) is 10.3 Å². The number of amides is 1. The Kier molecular flexibility index (Phi) is 5.62. The fourth-order valence-electron chi connectivity index (χ4n) is 1.89. The van der Waals surface area contributed by atoms with E-state index < -0.39 is 12.0 Å². The Morgan fingerprint density at radius 2 is 1.95 bits per heavy atom. The maximum absolute atomic E-state index is 11.9. The molecule has 22 heavy (non-hydrogen) atoms. The summed E-state index contributed by atoms with van der Waals surface area (Å²) in [4.78, 5) is 27.3. The molecule has 1 unspecified atom stereocenters. The number of carbonyl (C=O) groups excluding carboxylic acids is 2. The first kappa shape index (κ1) is 15.7. The minimum absolute atomic E-state index is 0.0173. The average molecular weight is 299 g/mol. The second-order valence-electron chi connectivity index (χ2n) is 4.58. The summed E-state index contributed by atoms with van der Waals surface area (Å²) in [5.74, 6) is -0.803. The van der Waals surface area contributed by atoms with Crippen molar-refractivity contribution in [3.05, 3.63) is 66.0 Å². The number of rotatable bonds is 6. The van der Waals surface area contributed by atoms with Gasteiger partial charge in [-0.25, -0.2) is 4.79 Å². The first-order valence-corrected chi connectivity index (χ1v) is 6.82. The van der Waals surface area contributed by atoms with Gasteiger partial charge in [0.1, 0.15) is 6.61 Å². The molecule has 0 aliphatic heterocycles. The Morgan fingerprint density at radius 3 is 2.59 bits per heavy atom. The van der Waals surface area contributed by atoms with Crippen LogP contribution in [0, 0.1) is 0 Å². The number of nitrogens with two attached hydrogens (primary N) is 1. The predicted molar refractivity (Wildman–Crippen MR) is 80.9 cm³/mol. The smallest absolute Gasteiger partial charge is 0.339 e. The van der Waals surface area contributed by atoms with E-state index in [-0.39, 0.29) is 19.1 Å². The summed E-state index contributed by atoms with van der Waals surface area (Å²) in [5, 5.41) is 2.73. The molecule has 0 saturated heterocycles. The lowest BCUT2D eigenvalue weighted by Gasteiger charge is -2.19. The third-order valence-corrected chi connectivity index (χ3v) is 3.00. The molecule has 0 radical (unpaired) electrons. The van der Waals surface area contributed by atoms with Crippen molar-refractivity contribution in [2.45, 2.75) is 6.04 Å². The molecule has 1 aromatic carbocycles. The average Bonchev–Trinajstić information content (AvgIpc) is 2.59. The molecule has 0 bridgehead atoms. The van der Waals surface area contributed by atoms with Crippen molar-refractivity contribution < 1.29 is 14.3 Å². The maximum atomic E-state index is 11.9. The Labute approximate surface area is 128 Å². The van der Waals surface area contributed by atoms with Gasteiger partial charge in [-0.2, -0.15) is 0 Å². The molecule has 1 heterocycles. The van der Waals surface area contributed by atoms with Crippen molar-refractivity contribution in [1.29, 1.82) is 0 Å². The third-order valence-electron chi connectivity index (χ3n) is 3.00. The van der Waals surface area contributed by atoms with Gasteiger partial charge in [0, 0.05) is 12.4 Å². The fraction of sp³-hybridized carbons (Fsp3) is 0.188. The first-order valence-electron chi connectivity index (χ1n) is 6.82. The van der Waals surface area contributed by atoms with Crippen LogP contribution in [0.25, 0.3) is 0 Å². The van der Waals surface area contributed by atoms with Gasteiger partial charge in [-0.15, -0.1) is 0 Å². The maximum Gasteiger partial charge on any atom is 0.339 e. The number of nitrogens with one attached hydrogen (secondary N) is 1. The summed E-state index contributed by atoms with van der Waals surface area (Å²) in [7, 11) is 0. The second kappa shape index (κ2) is 7.90. The lowest BCUT2D eigenvalue weighted by atomic mass is 10.1. The molecular formula is C16H17N3O3. The molecule has 1 amide bonds. The van der Waals surface area contributed by atoms with Crippen LogP contribution in [-0.2, 0) is 9.53 Å². The van der Waals surface area contributed by atoms with Gasteiger partial charge in [0.05, 0.1) is 18.2 Å². The molecule has 1 aromatic heterocycles. The highest BCUT2D eigenvalue weighted by molar-refractivity contribution is 5.89. The minimum atomic E-state index is -0.490. The topological polar surface area (TPSA) is 94.3 Å². The monoisotopic (exact) mass is 299 g/mol. The lowest BCUT2D eigenvalue weighted by Crippen LogP contribution is -2.36. The van der Waals surface area contributed by atoms with Gasteiger partial charge in [-0.1, -0.05) is 30.3 Å². The first-order chi connectivity index (χ1) is 10.7. The van der Waals surface area contributed by atoms with Crippen LogP contribution in [0.2, 0.25) is 0 Å². The number of esters is 1. The molecule has 0 aliphatic rings. The van der Waals surface area contributed by atoms with Gasteiger partial charge < -0.3 is 15.8 Å². The largest absolute Gasteiger partial charge is 0.459 e. The van der Waals surface area contributed by atoms with Crippen LogP contribution < -0.4 is 11.1 Å². The molecule has 6 heteroatoms. The van der Waals surface area contributed by atoms with E-state index in [4.69, 9.17) is 10.5 Å². The van der Waals surface area contributed by atoms with Gasteiger partial charge in [-0.05, 0) is 17.7 Å². The molecule has 0 fully saturated rings. The van der Waals surface area contributed by atoms with E-state index in [1.165, 1.54) is 6.20 Å². The number of pyridine rings is 1. The Bertz CT molecular complexity index is 617. The van der Waals surface area contributed by atoms with Crippen LogP contribution in [-0.4, -0.2) is 30.0 Å². The zero-order valence-electron chi connectivity index (χ0n) is 11.9. The standard InChI is InChI=1S/C16H17N3O3/c17-9-15(20)19-14(12-5-2-1-3-6-12)11-22-16(21)13-7-4-8-18-10-13/h1-8,10,14H,9,11,17H2,(H,19,20). The Balaban J connectivity index is 2.04. The molecule has 3 N–H and O–H groups in total. The van der Waals surface area contributed by atoms with E-state index in [9.17, 15) is 9.59 Å². The normalized spacial score (nSPS) is 11.5. The van der Waals surface area contributed by atoms with Crippen LogP contribution in [0.3, 0.4) is 0 Å². The number of carbonyl (C=O) groups is 2. The molecule has 0 spiro atoms. The molecule has 6 nitrogen and oxygen atoms in total. The van der Waals surface area contributed by atoms with Gasteiger partial charge in [0.2, 0.25) is 5.91 Å². The SMILES string of the molecule is NCC(=O)NC(COC(=O)c1cccnc1)c1ccccc1. The minimum Gasteiger partial charge on any atom is -0.459 e. The Hall–Kier alpha value is -2.73. The molecule has 0 aliphatic carbocycles. The van der Waals surface area contributed by atoms with E-state index in [1.54, 1.807) is 18.3 Å². The summed E-state index contributed by atoms with van der Waals surface area (Å²) in [5.41, 5.74) is 6.51. The van der Waals surface area contributed by atoms with Gasteiger partial charge >= 0.3 is 5.97 Å². The van der Waals surface area contributed by atoms with Crippen LogP contribution >= 0.6 is 0 Å². The number of hydrogen-bond donors (Lipinski definition) is 2. The van der Waals surface area contributed by atoms with Gasteiger partial charge in [-0.3, -0.25) is 9.78 Å². The number of ether oxygens (including phenoxy) is 1. The van der Waals surface area contributed by atoms with E-state index in [1.807, 2.05) is 30.3 Å². The van der Waals surface area contributed by atoms with E-state index in [2.05, 4.69) is 10.3 Å². The van der Waals surface area contributed by atoms with Crippen molar-refractivity contribution >= 4 is 11.9 Å². The number of nitrogens with zero attached hydrogens (tertiary/aromatic N) is 1. The molecule has 1 atom stereocenters. The van der Waals surface area contributed by atoms with Crippen molar-refractivity contribution in [3.8, 4) is 0 Å². The van der Waals surface area contributed by atoms with E-state index in [0.29, 0.717) is 5.56 Å². The lowest BCUT2D eigenvalue weighted by molar-refractivity contribution is -0.120. The quantitative estimate of drug-likeness (QED) is 0.778. The summed E-state index contributed by atoms with van der Waals surface area (Å²) in [6, 6.07) is 12.1. The molecule has 2 aromatic rings. The summed E-state index contributed by atoms with van der Waals surface area (Å²) < 4.78 is 5.26. The molecule has 0 saturated carbocycles. The summed E-state index contributed by atoms with van der Waals surface area (Å²) in [6.07, 6.45) is 3.00. The number of benzene rings is 1. The zero-order valence-corrected chi connectivity index (χ0v) is 11.9. The second-order valence-corrected chi connectivity index (χ2v) is 4.58. The number of aromatic nitrogens is 1. The van der Waals surface area contributed by atoms with Crippen molar-refractivity contribution in [2.75, 3.05) is 13.2 Å². The highest BCUT2D eigenvalue weighted by atomic mass is 16.5. The van der Waals surface area contributed by atoms with Crippen molar-refractivity contribution in [2.24, 2.45) is 5.73 Å². The highest BCUT2D eigenvalue weighted by Crippen LogP contribution is 2.13. The van der Waals surface area contributed by atoms with Crippen LogP contribution in [0.4, 0.5) is 0 Å². The van der Waals surface area contributed by atoms with E-state index in [0.717, 1.165) is 5.56 Å².